The van der Waals surface area contributed by atoms with E-state index in [1.165, 1.54) is 0 Å². The van der Waals surface area contributed by atoms with E-state index in [0.29, 0.717) is 0 Å². The lowest BCUT2D eigenvalue weighted by Gasteiger charge is -2.17. The molecule has 1 unspecified atom stereocenters. The van der Waals surface area contributed by atoms with Crippen molar-refractivity contribution in [2.45, 2.75) is 0 Å². The van der Waals surface area contributed by atoms with Crippen LogP contribution in [0.4, 0.5) is 11.4 Å². The normalized spacial score (nSPS) is 12.4. The molecule has 0 aliphatic rings. The summed E-state index contributed by atoms with van der Waals surface area (Å²) in [6.45, 7) is 0. The topological polar surface area (TPSA) is 64.6 Å². The maximum Gasteiger partial charge on any atom is 0.250 e. The van der Waals surface area contributed by atoms with Crippen molar-refractivity contribution in [1.82, 2.24) is 4.83 Å². The molecule has 5 nitrogen and oxygen atoms in total. The first-order chi connectivity index (χ1) is 8.59. The van der Waals surface area contributed by atoms with Crippen LogP contribution in [0.3, 0.4) is 0 Å². The monoisotopic (exact) mass is 265 g/mol. The Morgan fingerprint density at radius 1 is 1.11 bits per heavy atom. The van der Waals surface area contributed by atoms with E-state index in [1.807, 2.05) is 55.4 Å². The van der Waals surface area contributed by atoms with E-state index in [4.69, 9.17) is 4.55 Å². The van der Waals surface area contributed by atoms with E-state index in [9.17, 15) is 4.21 Å². The smallest absolute Gasteiger partial charge is 0.250 e. The molecular weight excluding hydrogens is 250 g/mol. The van der Waals surface area contributed by atoms with Crippen LogP contribution in [0.25, 0.3) is 10.8 Å². The fourth-order valence-electron chi connectivity index (χ4n) is 1.89. The molecule has 0 aliphatic carbocycles. The Morgan fingerprint density at radius 3 is 2.44 bits per heavy atom. The van der Waals surface area contributed by atoms with Crippen molar-refractivity contribution in [3.05, 3.63) is 36.4 Å². The molecule has 0 fully saturated rings. The standard InChI is InChI=1S/C12H15N3O2S/c1-15(2)12-8-4-5-9-10(12)6-3-7-11(9)13-14-18(16)17/h3-8,13-14H,1-2H3,(H,16,17). The average Bonchev–Trinajstić information content (AvgIpc) is 2.35. The molecule has 2 aromatic carbocycles. The minimum atomic E-state index is -2.09. The molecule has 0 aliphatic heterocycles. The number of nitrogens with one attached hydrogen (secondary N) is 2. The first-order valence-electron chi connectivity index (χ1n) is 5.41. The van der Waals surface area contributed by atoms with Gasteiger partial charge in [-0.15, -0.1) is 4.83 Å². The molecule has 18 heavy (non-hydrogen) atoms. The molecule has 0 spiro atoms. The van der Waals surface area contributed by atoms with Crippen LogP contribution in [0.5, 0.6) is 0 Å². The van der Waals surface area contributed by atoms with Crippen molar-refractivity contribution in [3.8, 4) is 0 Å². The number of benzene rings is 2. The maximum atomic E-state index is 10.6. The lowest BCUT2D eigenvalue weighted by molar-refractivity contribution is 0.555. The predicted molar refractivity (Wildman–Crippen MR) is 75.8 cm³/mol. The molecule has 3 N–H and O–H groups in total. The lowest BCUT2D eigenvalue weighted by Crippen LogP contribution is -2.23. The second-order valence-corrected chi connectivity index (χ2v) is 4.75. The zero-order valence-corrected chi connectivity index (χ0v) is 11.0. The molecule has 2 aromatic rings. The van der Waals surface area contributed by atoms with Crippen molar-refractivity contribution in [1.29, 1.82) is 0 Å². The highest BCUT2D eigenvalue weighted by Crippen LogP contribution is 2.30. The zero-order valence-electron chi connectivity index (χ0n) is 10.2. The lowest BCUT2D eigenvalue weighted by atomic mass is 10.1. The van der Waals surface area contributed by atoms with Gasteiger partial charge in [0.25, 0.3) is 0 Å². The zero-order chi connectivity index (χ0) is 13.1. The van der Waals surface area contributed by atoms with Gasteiger partial charge in [0.1, 0.15) is 0 Å². The van der Waals surface area contributed by atoms with Crippen molar-refractivity contribution in [3.63, 3.8) is 0 Å². The van der Waals surface area contributed by atoms with Gasteiger partial charge in [-0.1, -0.05) is 24.3 Å². The SMILES string of the molecule is CN(C)c1cccc2c(NNS(=O)O)cccc12. The van der Waals surface area contributed by atoms with Crippen molar-refractivity contribution >= 4 is 33.4 Å². The van der Waals surface area contributed by atoms with Gasteiger partial charge in [-0.25, -0.2) is 4.21 Å². The van der Waals surface area contributed by atoms with E-state index in [0.717, 1.165) is 22.1 Å². The third kappa shape index (κ3) is 2.61. The highest BCUT2D eigenvalue weighted by molar-refractivity contribution is 7.77. The Kier molecular flexibility index (Phi) is 3.81. The summed E-state index contributed by atoms with van der Waals surface area (Å²) < 4.78 is 19.3. The molecule has 1 atom stereocenters. The van der Waals surface area contributed by atoms with Gasteiger partial charge in [-0.3, -0.25) is 4.55 Å². The molecule has 0 saturated carbocycles. The number of rotatable bonds is 4. The molecular formula is C12H15N3O2S. The van der Waals surface area contributed by atoms with Crippen LogP contribution >= 0.6 is 0 Å². The fraction of sp³-hybridized carbons (Fsp3) is 0.167. The van der Waals surface area contributed by atoms with E-state index in [2.05, 4.69) is 10.3 Å². The van der Waals surface area contributed by atoms with Gasteiger partial charge in [0.05, 0.1) is 5.69 Å². The summed E-state index contributed by atoms with van der Waals surface area (Å²) in [6, 6.07) is 11.7. The molecule has 0 bridgehead atoms. The van der Waals surface area contributed by atoms with E-state index >= 15 is 0 Å². The number of anilines is 2. The highest BCUT2D eigenvalue weighted by atomic mass is 32.2. The average molecular weight is 265 g/mol. The van der Waals surface area contributed by atoms with Crippen molar-refractivity contribution in [2.75, 3.05) is 24.4 Å². The van der Waals surface area contributed by atoms with Gasteiger partial charge in [0, 0.05) is 30.6 Å². The minimum absolute atomic E-state index is 0.763. The molecule has 0 heterocycles. The van der Waals surface area contributed by atoms with Crippen LogP contribution in [0, 0.1) is 0 Å². The number of hydrazine groups is 1. The van der Waals surface area contributed by atoms with Crippen LogP contribution in [-0.2, 0) is 11.3 Å². The number of hydrogen-bond acceptors (Lipinski definition) is 3. The van der Waals surface area contributed by atoms with Gasteiger partial charge < -0.3 is 10.3 Å². The van der Waals surface area contributed by atoms with Gasteiger partial charge in [0.15, 0.2) is 0 Å². The van der Waals surface area contributed by atoms with Gasteiger partial charge in [-0.2, -0.15) is 0 Å². The van der Waals surface area contributed by atoms with Gasteiger partial charge in [-0.05, 0) is 12.1 Å². The van der Waals surface area contributed by atoms with E-state index < -0.39 is 11.3 Å². The number of hydrogen-bond donors (Lipinski definition) is 3. The summed E-state index contributed by atoms with van der Waals surface area (Å²) in [5, 5.41) is 2.07. The third-order valence-corrected chi connectivity index (χ3v) is 2.93. The Hall–Kier alpha value is -1.63. The highest BCUT2D eigenvalue weighted by Gasteiger charge is 2.06. The van der Waals surface area contributed by atoms with Crippen LogP contribution in [0.1, 0.15) is 0 Å². The Labute approximate surface area is 108 Å². The number of fused-ring (bicyclic) bond motifs is 1. The second kappa shape index (κ2) is 5.34. The van der Waals surface area contributed by atoms with Crippen LogP contribution in [-0.4, -0.2) is 22.9 Å². The summed E-state index contributed by atoms with van der Waals surface area (Å²) in [6.07, 6.45) is 0. The predicted octanol–water partition coefficient (Wildman–Crippen LogP) is 1.96. The van der Waals surface area contributed by atoms with E-state index in [1.54, 1.807) is 0 Å². The Morgan fingerprint density at radius 2 is 1.78 bits per heavy atom. The van der Waals surface area contributed by atoms with Crippen molar-refractivity contribution < 1.29 is 8.76 Å². The summed E-state index contributed by atoms with van der Waals surface area (Å²) in [5.74, 6) is 0. The first-order valence-corrected chi connectivity index (χ1v) is 6.52. The molecule has 0 radical (unpaired) electrons. The van der Waals surface area contributed by atoms with E-state index in [-0.39, 0.29) is 0 Å². The number of nitrogens with zero attached hydrogens (tertiary/aromatic N) is 1. The molecule has 96 valence electrons. The largest absolute Gasteiger partial charge is 0.377 e. The Bertz CT molecular complexity index is 587. The summed E-state index contributed by atoms with van der Waals surface area (Å²) in [4.78, 5) is 4.30. The van der Waals surface area contributed by atoms with Gasteiger partial charge >= 0.3 is 0 Å². The van der Waals surface area contributed by atoms with Crippen LogP contribution < -0.4 is 15.2 Å². The maximum absolute atomic E-state index is 10.6. The van der Waals surface area contributed by atoms with Gasteiger partial charge in [0.2, 0.25) is 11.3 Å². The summed E-state index contributed by atoms with van der Waals surface area (Å²) in [7, 11) is 3.96. The van der Waals surface area contributed by atoms with Crippen LogP contribution in [0.2, 0.25) is 0 Å². The first kappa shape index (κ1) is 12.8. The van der Waals surface area contributed by atoms with Crippen molar-refractivity contribution in [2.24, 2.45) is 0 Å². The quantitative estimate of drug-likeness (QED) is 0.584. The minimum Gasteiger partial charge on any atom is -0.377 e. The third-order valence-electron chi connectivity index (χ3n) is 2.65. The molecule has 0 saturated heterocycles. The molecule has 2 rings (SSSR count). The summed E-state index contributed by atoms with van der Waals surface area (Å²) in [5.41, 5.74) is 4.60. The molecule has 0 aromatic heterocycles. The molecule has 0 amide bonds. The summed E-state index contributed by atoms with van der Waals surface area (Å²) >= 11 is -2.09. The fourth-order valence-corrected chi connectivity index (χ4v) is 2.09. The second-order valence-electron chi connectivity index (χ2n) is 4.05. The Balaban J connectivity index is 2.49. The van der Waals surface area contributed by atoms with Crippen LogP contribution in [0.15, 0.2) is 36.4 Å². The molecule has 6 heteroatoms.